The standard InChI is InChI=1S/C13H10F6O4/c1-2-22-11(21)9(10(20)13(17,18)19)23-8-5-3-4-7(6-8)12(14,15)16/h3-6,9H,2H2,1H3. The molecule has 0 heterocycles. The predicted molar refractivity (Wildman–Crippen MR) is 63.6 cm³/mol. The lowest BCUT2D eigenvalue weighted by Crippen LogP contribution is -2.44. The lowest BCUT2D eigenvalue weighted by Gasteiger charge is -2.18. The first-order chi connectivity index (χ1) is 10.5. The van der Waals surface area contributed by atoms with E-state index in [-0.39, 0.29) is 6.61 Å². The number of esters is 1. The van der Waals surface area contributed by atoms with Crippen molar-refractivity contribution in [3.8, 4) is 5.75 Å². The second-order valence-electron chi connectivity index (χ2n) is 4.14. The highest BCUT2D eigenvalue weighted by Crippen LogP contribution is 2.32. The molecule has 128 valence electrons. The van der Waals surface area contributed by atoms with Gasteiger partial charge in [0.25, 0.3) is 11.9 Å². The van der Waals surface area contributed by atoms with Gasteiger partial charge >= 0.3 is 18.3 Å². The van der Waals surface area contributed by atoms with E-state index in [1.165, 1.54) is 6.92 Å². The van der Waals surface area contributed by atoms with E-state index in [9.17, 15) is 35.9 Å². The van der Waals surface area contributed by atoms with Crippen LogP contribution >= 0.6 is 0 Å². The van der Waals surface area contributed by atoms with E-state index in [1.807, 2.05) is 0 Å². The van der Waals surface area contributed by atoms with Crippen LogP contribution in [0.4, 0.5) is 26.3 Å². The van der Waals surface area contributed by atoms with Crippen molar-refractivity contribution in [2.45, 2.75) is 25.4 Å². The van der Waals surface area contributed by atoms with Gasteiger partial charge in [-0.1, -0.05) is 6.07 Å². The zero-order valence-electron chi connectivity index (χ0n) is 11.5. The van der Waals surface area contributed by atoms with Crippen molar-refractivity contribution in [2.75, 3.05) is 6.61 Å². The minimum absolute atomic E-state index is 0.341. The highest BCUT2D eigenvalue weighted by atomic mass is 19.4. The van der Waals surface area contributed by atoms with Crippen LogP contribution in [-0.4, -0.2) is 30.6 Å². The third kappa shape index (κ3) is 5.15. The van der Waals surface area contributed by atoms with Gasteiger partial charge < -0.3 is 9.47 Å². The van der Waals surface area contributed by atoms with E-state index >= 15 is 0 Å². The average Bonchev–Trinajstić information content (AvgIpc) is 2.42. The van der Waals surface area contributed by atoms with Gasteiger partial charge in [-0.05, 0) is 25.1 Å². The lowest BCUT2D eigenvalue weighted by molar-refractivity contribution is -0.184. The smallest absolute Gasteiger partial charge is 0.454 e. The molecule has 1 atom stereocenters. The van der Waals surface area contributed by atoms with E-state index in [0.29, 0.717) is 12.1 Å². The Balaban J connectivity index is 3.11. The van der Waals surface area contributed by atoms with E-state index in [4.69, 9.17) is 0 Å². The molecule has 23 heavy (non-hydrogen) atoms. The molecule has 0 aliphatic heterocycles. The summed E-state index contributed by atoms with van der Waals surface area (Å²) in [5.74, 6) is -4.95. The molecule has 10 heteroatoms. The first-order valence-electron chi connectivity index (χ1n) is 6.08. The van der Waals surface area contributed by atoms with E-state index in [0.717, 1.165) is 12.1 Å². The molecule has 1 unspecified atom stereocenters. The highest BCUT2D eigenvalue weighted by Gasteiger charge is 2.49. The van der Waals surface area contributed by atoms with Gasteiger partial charge in [0.1, 0.15) is 5.75 Å². The molecule has 0 N–H and O–H groups in total. The minimum atomic E-state index is -5.42. The molecular weight excluding hydrogens is 334 g/mol. The molecular formula is C13H10F6O4. The zero-order chi connectivity index (χ0) is 17.8. The maximum atomic E-state index is 12.5. The van der Waals surface area contributed by atoms with Crippen LogP contribution in [0.25, 0.3) is 0 Å². The molecule has 0 saturated heterocycles. The van der Waals surface area contributed by atoms with Gasteiger partial charge in [0.15, 0.2) is 0 Å². The Kier molecular flexibility index (Phi) is 5.62. The summed E-state index contributed by atoms with van der Waals surface area (Å²) < 4.78 is 83.8. The molecule has 1 rings (SSSR count). The van der Waals surface area contributed by atoms with Crippen LogP contribution in [0, 0.1) is 0 Å². The van der Waals surface area contributed by atoms with Gasteiger partial charge in [-0.3, -0.25) is 4.79 Å². The molecule has 1 aromatic carbocycles. The molecule has 0 bridgehead atoms. The lowest BCUT2D eigenvalue weighted by atomic mass is 10.2. The van der Waals surface area contributed by atoms with Crippen molar-refractivity contribution >= 4 is 11.8 Å². The molecule has 0 amide bonds. The number of hydrogen-bond acceptors (Lipinski definition) is 4. The first-order valence-corrected chi connectivity index (χ1v) is 6.08. The summed E-state index contributed by atoms with van der Waals surface area (Å²) in [5, 5.41) is 0. The molecule has 0 aromatic heterocycles. The fourth-order valence-corrected chi connectivity index (χ4v) is 1.46. The fourth-order valence-electron chi connectivity index (χ4n) is 1.46. The predicted octanol–water partition coefficient (Wildman–Crippen LogP) is 3.15. The van der Waals surface area contributed by atoms with Gasteiger partial charge in [0.2, 0.25) is 0 Å². The summed E-state index contributed by atoms with van der Waals surface area (Å²) in [6, 6.07) is 2.76. The molecule has 0 saturated carbocycles. The first kappa shape index (κ1) is 18.8. The SMILES string of the molecule is CCOC(=O)C(Oc1cccc(C(F)(F)F)c1)C(=O)C(F)(F)F. The molecule has 0 aliphatic rings. The van der Waals surface area contributed by atoms with Crippen LogP contribution in [0.1, 0.15) is 12.5 Å². The number of rotatable bonds is 5. The highest BCUT2D eigenvalue weighted by molar-refractivity contribution is 6.05. The molecule has 0 spiro atoms. The number of alkyl halides is 6. The van der Waals surface area contributed by atoms with E-state index in [2.05, 4.69) is 9.47 Å². The quantitative estimate of drug-likeness (QED) is 0.468. The van der Waals surface area contributed by atoms with Crippen LogP contribution in [0.5, 0.6) is 5.75 Å². The van der Waals surface area contributed by atoms with Crippen LogP contribution in [0.2, 0.25) is 0 Å². The maximum absolute atomic E-state index is 12.5. The minimum Gasteiger partial charge on any atom is -0.470 e. The topological polar surface area (TPSA) is 52.6 Å². The number of ketones is 1. The van der Waals surface area contributed by atoms with Crippen molar-refractivity contribution in [2.24, 2.45) is 0 Å². The van der Waals surface area contributed by atoms with Crippen LogP contribution < -0.4 is 4.74 Å². The van der Waals surface area contributed by atoms with Gasteiger partial charge in [0.05, 0.1) is 12.2 Å². The third-order valence-corrected chi connectivity index (χ3v) is 2.43. The van der Waals surface area contributed by atoms with Crippen LogP contribution in [0.3, 0.4) is 0 Å². The molecule has 4 nitrogen and oxygen atoms in total. The molecule has 0 aliphatic carbocycles. The van der Waals surface area contributed by atoms with Crippen molar-refractivity contribution in [1.82, 2.24) is 0 Å². The van der Waals surface area contributed by atoms with Gasteiger partial charge in [-0.15, -0.1) is 0 Å². The summed E-state index contributed by atoms with van der Waals surface area (Å²) in [7, 11) is 0. The summed E-state index contributed by atoms with van der Waals surface area (Å²) in [6.07, 6.45) is -12.9. The number of benzene rings is 1. The van der Waals surface area contributed by atoms with E-state index < -0.39 is 41.5 Å². The van der Waals surface area contributed by atoms with Crippen molar-refractivity contribution in [3.63, 3.8) is 0 Å². The third-order valence-electron chi connectivity index (χ3n) is 2.43. The van der Waals surface area contributed by atoms with Crippen LogP contribution in [0.15, 0.2) is 24.3 Å². The molecule has 0 radical (unpaired) electrons. The second-order valence-corrected chi connectivity index (χ2v) is 4.14. The zero-order valence-corrected chi connectivity index (χ0v) is 11.5. The normalized spacial score (nSPS) is 13.3. The largest absolute Gasteiger partial charge is 0.470 e. The fraction of sp³-hybridized carbons (Fsp3) is 0.385. The number of hydrogen-bond donors (Lipinski definition) is 0. The summed E-state index contributed by atoms with van der Waals surface area (Å²) in [4.78, 5) is 22.6. The van der Waals surface area contributed by atoms with Gasteiger partial charge in [-0.25, -0.2) is 4.79 Å². The van der Waals surface area contributed by atoms with Gasteiger partial charge in [0, 0.05) is 0 Å². The Morgan fingerprint density at radius 2 is 1.74 bits per heavy atom. The Morgan fingerprint density at radius 1 is 1.13 bits per heavy atom. The Hall–Kier alpha value is -2.26. The summed E-state index contributed by atoms with van der Waals surface area (Å²) in [5.41, 5.74) is -1.21. The van der Waals surface area contributed by atoms with Crippen molar-refractivity contribution in [3.05, 3.63) is 29.8 Å². The number of carbonyl (C=O) groups excluding carboxylic acids is 2. The van der Waals surface area contributed by atoms with Gasteiger partial charge in [-0.2, -0.15) is 26.3 Å². The second kappa shape index (κ2) is 6.88. The monoisotopic (exact) mass is 344 g/mol. The molecule has 1 aromatic rings. The number of Topliss-reactive ketones (excluding diaryl/α,β-unsaturated/α-hetero) is 1. The number of halogens is 6. The Morgan fingerprint density at radius 3 is 2.22 bits per heavy atom. The van der Waals surface area contributed by atoms with E-state index in [1.54, 1.807) is 0 Å². The maximum Gasteiger partial charge on any atom is 0.454 e. The number of carbonyl (C=O) groups is 2. The number of ether oxygens (including phenoxy) is 2. The Labute approximate surface area is 126 Å². The van der Waals surface area contributed by atoms with Crippen molar-refractivity contribution in [1.29, 1.82) is 0 Å². The summed E-state index contributed by atoms with van der Waals surface area (Å²) >= 11 is 0. The Bertz CT molecular complexity index is 579. The summed E-state index contributed by atoms with van der Waals surface area (Å²) in [6.45, 7) is 0.934. The van der Waals surface area contributed by atoms with Crippen molar-refractivity contribution < 1.29 is 45.4 Å². The molecule has 0 fully saturated rings. The van der Waals surface area contributed by atoms with Crippen LogP contribution in [-0.2, 0) is 20.5 Å². The average molecular weight is 344 g/mol.